The minimum absolute atomic E-state index is 0.173. The van der Waals surface area contributed by atoms with Gasteiger partial charge in [-0.1, -0.05) is 61.2 Å². The van der Waals surface area contributed by atoms with Crippen molar-refractivity contribution in [1.82, 2.24) is 0 Å². The van der Waals surface area contributed by atoms with Crippen LogP contribution in [0.5, 0.6) is 0 Å². The molecule has 0 aromatic heterocycles. The van der Waals surface area contributed by atoms with E-state index in [1.165, 1.54) is 19.3 Å². The summed E-state index contributed by atoms with van der Waals surface area (Å²) in [6.45, 7) is 4.89. The Hall–Kier alpha value is -0.970. The summed E-state index contributed by atoms with van der Waals surface area (Å²) in [6, 6.07) is 10.1. The van der Waals surface area contributed by atoms with Crippen LogP contribution in [0.2, 0.25) is 0 Å². The third kappa shape index (κ3) is 4.33. The molecule has 0 saturated heterocycles. The van der Waals surface area contributed by atoms with Gasteiger partial charge in [0.1, 0.15) is 0 Å². The van der Waals surface area contributed by atoms with Crippen LogP contribution in [0.3, 0.4) is 0 Å². The Morgan fingerprint density at radius 2 is 1.73 bits per heavy atom. The predicted molar refractivity (Wildman–Crippen MR) is 117 cm³/mol. The second-order valence-corrected chi connectivity index (χ2v) is 10.9. The largest absolute Gasteiger partial charge is 0.386 e. The fraction of sp³-hybridized carbons (Fsp3) is 0.667. The highest BCUT2D eigenvalue weighted by molar-refractivity contribution is 7.54. The fourth-order valence-corrected chi connectivity index (χ4v) is 7.78. The first kappa shape index (κ1) is 22.2. The number of ether oxygens (including phenoxy) is 1. The van der Waals surface area contributed by atoms with Crippen LogP contribution in [0, 0.1) is 17.3 Å². The maximum absolute atomic E-state index is 13.2. The molecule has 1 aromatic carbocycles. The first-order chi connectivity index (χ1) is 14.5. The lowest BCUT2D eigenvalue weighted by Crippen LogP contribution is -2.34. The quantitative estimate of drug-likeness (QED) is 0.420. The molecule has 0 heterocycles. The van der Waals surface area contributed by atoms with Crippen molar-refractivity contribution in [2.75, 3.05) is 19.4 Å². The summed E-state index contributed by atoms with van der Waals surface area (Å²) < 4.78 is 30.7. The van der Waals surface area contributed by atoms with Crippen molar-refractivity contribution in [3.05, 3.63) is 47.5 Å². The van der Waals surface area contributed by atoms with E-state index in [0.29, 0.717) is 25.7 Å². The van der Waals surface area contributed by atoms with Crippen LogP contribution < -0.4 is 0 Å². The number of hydrogen-bond donors (Lipinski definition) is 1. The van der Waals surface area contributed by atoms with E-state index in [-0.39, 0.29) is 23.6 Å². The fourth-order valence-electron chi connectivity index (χ4n) is 5.99. The zero-order valence-corrected chi connectivity index (χ0v) is 19.1. The molecule has 1 aromatic rings. The summed E-state index contributed by atoms with van der Waals surface area (Å²) >= 11 is 0. The highest BCUT2D eigenvalue weighted by atomic mass is 31.2. The molecule has 2 saturated carbocycles. The normalized spacial score (nSPS) is 30.0. The number of aliphatic hydroxyl groups is 1. The number of rotatable bonds is 9. The van der Waals surface area contributed by atoms with Gasteiger partial charge in [0.15, 0.2) is 0 Å². The molecular formula is C24H35O5P. The highest BCUT2D eigenvalue weighted by Gasteiger charge is 2.70. The van der Waals surface area contributed by atoms with E-state index in [0.717, 1.165) is 24.0 Å². The van der Waals surface area contributed by atoms with Crippen molar-refractivity contribution >= 4 is 7.60 Å². The van der Waals surface area contributed by atoms with Gasteiger partial charge in [-0.05, 0) is 43.6 Å². The Morgan fingerprint density at radius 3 is 2.37 bits per heavy atom. The molecule has 1 spiro atoms. The third-order valence-electron chi connectivity index (χ3n) is 7.11. The van der Waals surface area contributed by atoms with E-state index < -0.39 is 13.7 Å². The van der Waals surface area contributed by atoms with Crippen molar-refractivity contribution in [3.63, 3.8) is 0 Å². The number of allylic oxidation sites excluding steroid dienone is 1. The molecule has 1 N–H and O–H groups in total. The van der Waals surface area contributed by atoms with Gasteiger partial charge in [0, 0.05) is 5.92 Å². The SMILES string of the molecule is CCOP(=O)(CC1=C[C@@H](O)[C@H](OCc2ccccc2)[C@@H]2[C@H]1C21CCCCC1)OCC. The smallest absolute Gasteiger partial charge is 0.334 e. The van der Waals surface area contributed by atoms with E-state index in [9.17, 15) is 9.67 Å². The minimum Gasteiger partial charge on any atom is -0.386 e. The molecule has 5 nitrogen and oxygen atoms in total. The predicted octanol–water partition coefficient (Wildman–Crippen LogP) is 5.34. The van der Waals surface area contributed by atoms with Crippen LogP contribution >= 0.6 is 7.60 Å². The molecule has 3 aliphatic carbocycles. The van der Waals surface area contributed by atoms with Gasteiger partial charge in [-0.25, -0.2) is 0 Å². The van der Waals surface area contributed by atoms with Crippen LogP contribution in [0.15, 0.2) is 42.0 Å². The van der Waals surface area contributed by atoms with Crippen LogP contribution in [0.1, 0.15) is 51.5 Å². The minimum atomic E-state index is -3.20. The Labute approximate surface area is 180 Å². The summed E-state index contributed by atoms with van der Waals surface area (Å²) in [5.74, 6) is 0.601. The summed E-state index contributed by atoms with van der Waals surface area (Å²) in [6.07, 6.45) is 7.29. The molecule has 0 bridgehead atoms. The number of benzene rings is 1. The van der Waals surface area contributed by atoms with Crippen molar-refractivity contribution in [2.24, 2.45) is 17.3 Å². The molecule has 4 atom stereocenters. The molecule has 0 aliphatic heterocycles. The van der Waals surface area contributed by atoms with E-state index in [1.807, 2.05) is 38.1 Å². The van der Waals surface area contributed by atoms with Crippen molar-refractivity contribution < 1.29 is 23.5 Å². The molecule has 4 rings (SSSR count). The van der Waals surface area contributed by atoms with Gasteiger partial charge in [0.05, 0.1) is 38.2 Å². The average Bonchev–Trinajstić information content (AvgIpc) is 3.36. The number of fused-ring (bicyclic) bond motifs is 3. The number of hydrogen-bond acceptors (Lipinski definition) is 5. The zero-order chi connectivity index (χ0) is 21.2. The van der Waals surface area contributed by atoms with E-state index >= 15 is 0 Å². The average molecular weight is 435 g/mol. The van der Waals surface area contributed by atoms with Gasteiger partial charge in [0.2, 0.25) is 0 Å². The lowest BCUT2D eigenvalue weighted by molar-refractivity contribution is -0.0519. The van der Waals surface area contributed by atoms with Crippen molar-refractivity contribution in [1.29, 1.82) is 0 Å². The van der Waals surface area contributed by atoms with Crippen molar-refractivity contribution in [3.8, 4) is 0 Å². The Kier molecular flexibility index (Phi) is 6.86. The van der Waals surface area contributed by atoms with E-state index in [1.54, 1.807) is 0 Å². The highest BCUT2D eigenvalue weighted by Crippen LogP contribution is 2.73. The van der Waals surface area contributed by atoms with Crippen LogP contribution in [-0.4, -0.2) is 36.7 Å². The van der Waals surface area contributed by atoms with Gasteiger partial charge in [-0.3, -0.25) is 4.57 Å². The van der Waals surface area contributed by atoms with Gasteiger partial charge in [-0.15, -0.1) is 0 Å². The first-order valence-corrected chi connectivity index (χ1v) is 13.2. The topological polar surface area (TPSA) is 65.0 Å². The standard InChI is InChI=1S/C24H35O5P/c1-3-28-30(26,29-4-2)17-19-15-20(25)23(27-16-18-11-7-5-8-12-18)22-21(19)24(22)13-9-6-10-14-24/h5,7-8,11-12,15,20-23,25H,3-4,6,9-10,13-14,16-17H2,1-2H3/t20-,21+,22+,23+/m1/s1. The van der Waals surface area contributed by atoms with Gasteiger partial charge >= 0.3 is 7.60 Å². The Bertz CT molecular complexity index is 776. The van der Waals surface area contributed by atoms with Gasteiger partial charge < -0.3 is 18.9 Å². The molecule has 0 unspecified atom stereocenters. The summed E-state index contributed by atoms with van der Waals surface area (Å²) in [5, 5.41) is 11.0. The molecule has 3 aliphatic rings. The zero-order valence-electron chi connectivity index (χ0n) is 18.2. The van der Waals surface area contributed by atoms with Crippen LogP contribution in [0.25, 0.3) is 0 Å². The second-order valence-electron chi connectivity index (χ2n) is 8.90. The molecule has 166 valence electrons. The van der Waals surface area contributed by atoms with Gasteiger partial charge in [-0.2, -0.15) is 0 Å². The Morgan fingerprint density at radius 1 is 1.07 bits per heavy atom. The number of aliphatic hydroxyl groups excluding tert-OH is 1. The molecule has 30 heavy (non-hydrogen) atoms. The lowest BCUT2D eigenvalue weighted by Gasteiger charge is -2.28. The van der Waals surface area contributed by atoms with Crippen LogP contribution in [0.4, 0.5) is 0 Å². The lowest BCUT2D eigenvalue weighted by atomic mass is 9.82. The summed E-state index contributed by atoms with van der Waals surface area (Å²) in [7, 11) is -3.20. The van der Waals surface area contributed by atoms with E-state index in [4.69, 9.17) is 13.8 Å². The van der Waals surface area contributed by atoms with Crippen molar-refractivity contribution in [2.45, 2.75) is 64.8 Å². The monoisotopic (exact) mass is 434 g/mol. The molecule has 6 heteroatoms. The molecular weight excluding hydrogens is 399 g/mol. The maximum atomic E-state index is 13.2. The maximum Gasteiger partial charge on any atom is 0.334 e. The second kappa shape index (κ2) is 9.26. The third-order valence-corrected chi connectivity index (χ3v) is 9.16. The van der Waals surface area contributed by atoms with Gasteiger partial charge in [0.25, 0.3) is 0 Å². The molecule has 2 fully saturated rings. The summed E-state index contributed by atoms with van der Waals surface area (Å²) in [4.78, 5) is 0. The molecule has 0 radical (unpaired) electrons. The Balaban J connectivity index is 1.56. The van der Waals surface area contributed by atoms with Crippen LogP contribution in [-0.2, 0) is 25.0 Å². The molecule has 0 amide bonds. The first-order valence-electron chi connectivity index (χ1n) is 11.5. The summed E-state index contributed by atoms with van der Waals surface area (Å²) in [5.41, 5.74) is 2.34. The van der Waals surface area contributed by atoms with E-state index in [2.05, 4.69) is 12.1 Å².